The molecule has 8 nitrogen and oxygen atoms in total. The molecule has 0 saturated carbocycles. The van der Waals surface area contributed by atoms with E-state index < -0.39 is 17.8 Å². The Labute approximate surface area is 195 Å². The Morgan fingerprint density at radius 2 is 1.83 bits per heavy atom. The first kappa shape index (κ1) is 23.5. The predicted octanol–water partition coefficient (Wildman–Crippen LogP) is 4.63. The van der Waals surface area contributed by atoms with Crippen LogP contribution in [-0.4, -0.2) is 21.1 Å². The number of primary amides is 1. The molecule has 4 rings (SSSR count). The van der Waals surface area contributed by atoms with Gasteiger partial charge in [-0.25, -0.2) is 9.37 Å². The highest BCUT2D eigenvalue weighted by Gasteiger charge is 2.32. The maximum Gasteiger partial charge on any atom is 0.433 e. The maximum absolute atomic E-state index is 13.1. The molecule has 0 aliphatic rings. The van der Waals surface area contributed by atoms with Crippen LogP contribution in [-0.2, 0) is 12.8 Å². The van der Waals surface area contributed by atoms with Crippen molar-refractivity contribution < 1.29 is 27.1 Å². The Morgan fingerprint density at radius 1 is 1.09 bits per heavy atom. The number of aromatic amines is 1. The van der Waals surface area contributed by atoms with Crippen LogP contribution in [0.15, 0.2) is 60.7 Å². The fourth-order valence-electron chi connectivity index (χ4n) is 3.22. The molecule has 0 radical (unpaired) electrons. The van der Waals surface area contributed by atoms with E-state index in [-0.39, 0.29) is 41.1 Å². The highest BCUT2D eigenvalue weighted by atomic mass is 19.4. The van der Waals surface area contributed by atoms with E-state index in [1.165, 1.54) is 36.4 Å². The Bertz CT molecular complexity index is 1370. The van der Waals surface area contributed by atoms with Crippen molar-refractivity contribution in [1.29, 1.82) is 0 Å². The van der Waals surface area contributed by atoms with Gasteiger partial charge in [0.25, 0.3) is 5.91 Å². The number of carbonyl (C=O) groups excluding carboxylic acids is 1. The number of ether oxygens (including phenoxy) is 1. The SMILES string of the molecule is NC(=O)c1c(-c2ccc(N)c(OCc3ccc(F)cc3)c2)n[nH]c1Nc1cccc(C(F)(F)F)n1. The van der Waals surface area contributed by atoms with Gasteiger partial charge in [0.1, 0.15) is 46.8 Å². The molecule has 12 heteroatoms. The Hall–Kier alpha value is -4.61. The van der Waals surface area contributed by atoms with Crippen LogP contribution >= 0.6 is 0 Å². The average molecular weight is 486 g/mol. The Kier molecular flexibility index (Phi) is 6.28. The van der Waals surface area contributed by atoms with Crippen LogP contribution in [0.2, 0.25) is 0 Å². The highest BCUT2D eigenvalue weighted by molar-refractivity contribution is 6.04. The summed E-state index contributed by atoms with van der Waals surface area (Å²) in [5.41, 5.74) is 11.9. The lowest BCUT2D eigenvalue weighted by Gasteiger charge is -2.11. The summed E-state index contributed by atoms with van der Waals surface area (Å²) in [6.45, 7) is 0.102. The summed E-state index contributed by atoms with van der Waals surface area (Å²) in [6, 6.07) is 13.7. The van der Waals surface area contributed by atoms with Gasteiger partial charge in [0.05, 0.1) is 5.69 Å². The molecule has 2 aromatic carbocycles. The number of nitrogens with zero attached hydrogens (tertiary/aromatic N) is 2. The molecule has 0 bridgehead atoms. The lowest BCUT2D eigenvalue weighted by atomic mass is 10.1. The lowest BCUT2D eigenvalue weighted by molar-refractivity contribution is -0.141. The summed E-state index contributed by atoms with van der Waals surface area (Å²) in [7, 11) is 0. The molecule has 0 saturated heterocycles. The third kappa shape index (κ3) is 5.32. The van der Waals surface area contributed by atoms with E-state index >= 15 is 0 Å². The predicted molar refractivity (Wildman–Crippen MR) is 120 cm³/mol. The van der Waals surface area contributed by atoms with Crippen LogP contribution in [0.5, 0.6) is 5.75 Å². The number of halogens is 4. The molecule has 180 valence electrons. The number of benzene rings is 2. The number of hydrogen-bond acceptors (Lipinski definition) is 6. The highest BCUT2D eigenvalue weighted by Crippen LogP contribution is 2.34. The van der Waals surface area contributed by atoms with Gasteiger partial charge in [-0.15, -0.1) is 0 Å². The number of nitrogen functional groups attached to an aromatic ring is 1. The van der Waals surface area contributed by atoms with Gasteiger partial charge < -0.3 is 21.5 Å². The summed E-state index contributed by atoms with van der Waals surface area (Å²) in [5.74, 6) is -1.19. The molecular weight excluding hydrogens is 468 g/mol. The van der Waals surface area contributed by atoms with Gasteiger partial charge in [0.2, 0.25) is 0 Å². The third-order valence-corrected chi connectivity index (χ3v) is 4.90. The van der Waals surface area contributed by atoms with Crippen LogP contribution in [0.4, 0.5) is 34.9 Å². The van der Waals surface area contributed by atoms with Crippen LogP contribution in [0.1, 0.15) is 21.6 Å². The molecular formula is C23H18F4N6O2. The normalized spacial score (nSPS) is 11.3. The number of hydrogen-bond donors (Lipinski definition) is 4. The summed E-state index contributed by atoms with van der Waals surface area (Å²) < 4.78 is 57.8. The van der Waals surface area contributed by atoms with Crippen molar-refractivity contribution >= 4 is 23.2 Å². The summed E-state index contributed by atoms with van der Waals surface area (Å²) >= 11 is 0. The smallest absolute Gasteiger partial charge is 0.433 e. The van der Waals surface area contributed by atoms with Crippen molar-refractivity contribution in [3.05, 3.63) is 83.3 Å². The molecule has 35 heavy (non-hydrogen) atoms. The number of nitrogens with one attached hydrogen (secondary N) is 2. The summed E-state index contributed by atoms with van der Waals surface area (Å²) in [4.78, 5) is 15.7. The number of H-pyrrole nitrogens is 1. The monoisotopic (exact) mass is 486 g/mol. The first-order valence-corrected chi connectivity index (χ1v) is 10.1. The van der Waals surface area contributed by atoms with E-state index in [0.29, 0.717) is 16.8 Å². The zero-order valence-electron chi connectivity index (χ0n) is 17.9. The van der Waals surface area contributed by atoms with Gasteiger partial charge in [-0.05, 0) is 42.0 Å². The largest absolute Gasteiger partial charge is 0.487 e. The number of rotatable bonds is 7. The van der Waals surface area contributed by atoms with Gasteiger partial charge in [0, 0.05) is 5.56 Å². The fraction of sp³-hybridized carbons (Fsp3) is 0.0870. The first-order valence-electron chi connectivity index (χ1n) is 10.1. The molecule has 0 atom stereocenters. The van der Waals surface area contributed by atoms with Crippen molar-refractivity contribution in [2.45, 2.75) is 12.8 Å². The number of anilines is 3. The van der Waals surface area contributed by atoms with Crippen molar-refractivity contribution in [1.82, 2.24) is 15.2 Å². The maximum atomic E-state index is 13.1. The number of nitrogens with two attached hydrogens (primary N) is 2. The van der Waals surface area contributed by atoms with Crippen LogP contribution in [0.3, 0.4) is 0 Å². The van der Waals surface area contributed by atoms with Gasteiger partial charge in [0.15, 0.2) is 0 Å². The van der Waals surface area contributed by atoms with E-state index in [1.54, 1.807) is 18.2 Å². The number of amides is 1. The number of alkyl halides is 3. The van der Waals surface area contributed by atoms with Gasteiger partial charge in [-0.2, -0.15) is 18.3 Å². The molecule has 0 aliphatic heterocycles. The van der Waals surface area contributed by atoms with E-state index in [4.69, 9.17) is 16.2 Å². The van der Waals surface area contributed by atoms with E-state index in [0.717, 1.165) is 6.07 Å². The van der Waals surface area contributed by atoms with E-state index in [2.05, 4.69) is 20.5 Å². The molecule has 0 spiro atoms. The van der Waals surface area contributed by atoms with Gasteiger partial charge in [-0.1, -0.05) is 24.3 Å². The Balaban J connectivity index is 1.62. The number of carbonyl (C=O) groups is 1. The quantitative estimate of drug-likeness (QED) is 0.222. The van der Waals surface area contributed by atoms with Gasteiger partial charge in [-0.3, -0.25) is 9.89 Å². The van der Waals surface area contributed by atoms with E-state index in [1.807, 2.05) is 0 Å². The molecule has 2 aromatic heterocycles. The second-order valence-corrected chi connectivity index (χ2v) is 7.39. The minimum Gasteiger partial charge on any atom is -0.487 e. The van der Waals surface area contributed by atoms with Crippen molar-refractivity contribution in [2.24, 2.45) is 5.73 Å². The molecule has 2 heterocycles. The van der Waals surface area contributed by atoms with Crippen LogP contribution in [0.25, 0.3) is 11.3 Å². The molecule has 0 unspecified atom stereocenters. The summed E-state index contributed by atoms with van der Waals surface area (Å²) in [5, 5.41) is 9.28. The zero-order chi connectivity index (χ0) is 25.2. The first-order chi connectivity index (χ1) is 16.6. The zero-order valence-corrected chi connectivity index (χ0v) is 17.9. The van der Waals surface area contributed by atoms with Crippen molar-refractivity contribution in [2.75, 3.05) is 11.1 Å². The number of pyridine rings is 1. The molecule has 0 aliphatic carbocycles. The van der Waals surface area contributed by atoms with Crippen molar-refractivity contribution in [3.63, 3.8) is 0 Å². The van der Waals surface area contributed by atoms with Crippen LogP contribution in [0, 0.1) is 5.82 Å². The van der Waals surface area contributed by atoms with E-state index in [9.17, 15) is 22.4 Å². The standard InChI is InChI=1S/C23H18F4N6O2/c24-14-7-4-12(5-8-14)11-35-16-10-13(6-9-15(16)28)20-19(21(29)34)22(33-32-20)31-18-3-1-2-17(30-18)23(25,26)27/h1-10H,11,28H2,(H2,29,34)(H2,30,31,32,33). The second-order valence-electron chi connectivity index (χ2n) is 7.39. The molecule has 6 N–H and O–H groups in total. The van der Waals surface area contributed by atoms with Crippen molar-refractivity contribution in [3.8, 4) is 17.0 Å². The molecule has 4 aromatic rings. The second kappa shape index (κ2) is 9.33. The lowest BCUT2D eigenvalue weighted by Crippen LogP contribution is -2.14. The number of aromatic nitrogens is 3. The van der Waals surface area contributed by atoms with Gasteiger partial charge >= 0.3 is 6.18 Å². The minimum absolute atomic E-state index is 0.0371. The molecule has 0 fully saturated rings. The third-order valence-electron chi connectivity index (χ3n) is 4.90. The Morgan fingerprint density at radius 3 is 2.51 bits per heavy atom. The average Bonchev–Trinajstić information content (AvgIpc) is 3.23. The summed E-state index contributed by atoms with van der Waals surface area (Å²) in [6.07, 6.45) is -4.64. The molecule has 1 amide bonds. The van der Waals surface area contributed by atoms with Crippen LogP contribution < -0.4 is 21.5 Å². The topological polar surface area (TPSA) is 132 Å². The minimum atomic E-state index is -4.64. The fourth-order valence-corrected chi connectivity index (χ4v) is 3.22.